The van der Waals surface area contributed by atoms with Crippen molar-refractivity contribution in [3.63, 3.8) is 0 Å². The summed E-state index contributed by atoms with van der Waals surface area (Å²) in [7, 11) is 0. The maximum atomic E-state index is 13.0. The minimum atomic E-state index is -0.564. The van der Waals surface area contributed by atoms with Crippen LogP contribution in [0.15, 0.2) is 6.07 Å². The Labute approximate surface area is 87.6 Å². The highest BCUT2D eigenvalue weighted by Gasteiger charge is 2.08. The molecule has 1 aromatic heterocycles. The van der Waals surface area contributed by atoms with Crippen LogP contribution < -0.4 is 0 Å². The molecule has 0 unspecified atom stereocenters. The topological polar surface area (TPSA) is 36.7 Å². The third-order valence-electron chi connectivity index (χ3n) is 1.97. The molecule has 0 aromatic carbocycles. The van der Waals surface area contributed by atoms with Gasteiger partial charge in [-0.2, -0.15) is 0 Å². The molecule has 0 amide bonds. The summed E-state index contributed by atoms with van der Waals surface area (Å²) >= 11 is 5.56. The Morgan fingerprint density at radius 2 is 2.36 bits per heavy atom. The third-order valence-corrected chi connectivity index (χ3v) is 2.23. The number of aromatic nitrogens is 1. The predicted molar refractivity (Wildman–Crippen MR) is 55.7 cm³/mol. The number of nitrogens with zero attached hydrogens (tertiary/aromatic N) is 1. The summed E-state index contributed by atoms with van der Waals surface area (Å²) in [5.74, 6) is -0.564. The van der Waals surface area contributed by atoms with Gasteiger partial charge in [-0.3, -0.25) is 0 Å². The molecule has 0 atom stereocenters. The standard InChI is InChI=1S/C10H12ClFN2/c1-2-3-4-9-7(6-13)5-8(12)10(11)14-9/h5-6,13H,2-4H2,1H3. The summed E-state index contributed by atoms with van der Waals surface area (Å²) in [4.78, 5) is 3.92. The van der Waals surface area contributed by atoms with Crippen LogP contribution in [0.25, 0.3) is 0 Å². The molecule has 0 bridgehead atoms. The van der Waals surface area contributed by atoms with Crippen LogP contribution in [0.2, 0.25) is 5.15 Å². The summed E-state index contributed by atoms with van der Waals surface area (Å²) in [5, 5.41) is 7.00. The van der Waals surface area contributed by atoms with Crippen LogP contribution in [-0.4, -0.2) is 11.2 Å². The molecule has 0 aliphatic heterocycles. The SMILES string of the molecule is CCCCc1nc(Cl)c(F)cc1C=N. The number of nitrogens with one attached hydrogen (secondary N) is 1. The fraction of sp³-hybridized carbons (Fsp3) is 0.400. The van der Waals surface area contributed by atoms with Gasteiger partial charge in [0.25, 0.3) is 0 Å². The molecule has 0 saturated heterocycles. The highest BCUT2D eigenvalue weighted by atomic mass is 35.5. The van der Waals surface area contributed by atoms with E-state index < -0.39 is 5.82 Å². The van der Waals surface area contributed by atoms with Crippen molar-refractivity contribution in [2.75, 3.05) is 0 Å². The van der Waals surface area contributed by atoms with E-state index in [9.17, 15) is 4.39 Å². The van der Waals surface area contributed by atoms with E-state index in [1.54, 1.807) is 0 Å². The molecule has 4 heteroatoms. The van der Waals surface area contributed by atoms with Crippen molar-refractivity contribution in [3.05, 3.63) is 28.3 Å². The Hall–Kier alpha value is -0.960. The molecule has 1 heterocycles. The molecular formula is C10H12ClFN2. The zero-order valence-corrected chi connectivity index (χ0v) is 8.74. The highest BCUT2D eigenvalue weighted by molar-refractivity contribution is 6.29. The number of pyridine rings is 1. The lowest BCUT2D eigenvalue weighted by atomic mass is 10.1. The van der Waals surface area contributed by atoms with Crippen molar-refractivity contribution < 1.29 is 4.39 Å². The maximum Gasteiger partial charge on any atom is 0.165 e. The minimum Gasteiger partial charge on any atom is -0.308 e. The van der Waals surface area contributed by atoms with E-state index in [-0.39, 0.29) is 5.15 Å². The van der Waals surface area contributed by atoms with Crippen molar-refractivity contribution in [2.24, 2.45) is 0 Å². The average molecular weight is 215 g/mol. The molecule has 1 rings (SSSR count). The lowest BCUT2D eigenvalue weighted by Gasteiger charge is -2.04. The van der Waals surface area contributed by atoms with Crippen LogP contribution >= 0.6 is 11.6 Å². The van der Waals surface area contributed by atoms with Crippen LogP contribution in [0.4, 0.5) is 4.39 Å². The average Bonchev–Trinajstić information content (AvgIpc) is 2.19. The first-order chi connectivity index (χ1) is 6.69. The molecule has 1 N–H and O–H groups in total. The van der Waals surface area contributed by atoms with Gasteiger partial charge in [0.05, 0.1) is 5.69 Å². The molecule has 0 fully saturated rings. The molecule has 0 aliphatic rings. The smallest absolute Gasteiger partial charge is 0.165 e. The van der Waals surface area contributed by atoms with E-state index in [4.69, 9.17) is 17.0 Å². The second-order valence-electron chi connectivity index (χ2n) is 3.04. The second kappa shape index (κ2) is 5.05. The normalized spacial score (nSPS) is 10.2. The van der Waals surface area contributed by atoms with Gasteiger partial charge in [-0.1, -0.05) is 24.9 Å². The summed E-state index contributed by atoms with van der Waals surface area (Å²) in [6, 6.07) is 1.26. The number of hydrogen-bond acceptors (Lipinski definition) is 2. The molecule has 2 nitrogen and oxygen atoms in total. The number of halogens is 2. The first kappa shape index (κ1) is 11.1. The first-order valence-corrected chi connectivity index (χ1v) is 4.92. The monoisotopic (exact) mass is 214 g/mol. The molecule has 76 valence electrons. The fourth-order valence-corrected chi connectivity index (χ4v) is 1.34. The van der Waals surface area contributed by atoms with Gasteiger partial charge in [-0.25, -0.2) is 9.37 Å². The molecule has 0 radical (unpaired) electrons. The molecular weight excluding hydrogens is 203 g/mol. The van der Waals surface area contributed by atoms with Crippen molar-refractivity contribution in [3.8, 4) is 0 Å². The van der Waals surface area contributed by atoms with Gasteiger partial charge in [-0.15, -0.1) is 0 Å². The van der Waals surface area contributed by atoms with Gasteiger partial charge < -0.3 is 5.41 Å². The summed E-state index contributed by atoms with van der Waals surface area (Å²) < 4.78 is 13.0. The Balaban J connectivity index is 3.00. The van der Waals surface area contributed by atoms with Gasteiger partial charge in [0, 0.05) is 11.8 Å². The molecule has 14 heavy (non-hydrogen) atoms. The molecule has 0 aliphatic carbocycles. The maximum absolute atomic E-state index is 13.0. The number of rotatable bonds is 4. The van der Waals surface area contributed by atoms with Gasteiger partial charge in [0.15, 0.2) is 11.0 Å². The minimum absolute atomic E-state index is 0.110. The van der Waals surface area contributed by atoms with E-state index in [0.717, 1.165) is 25.5 Å². The van der Waals surface area contributed by atoms with E-state index in [0.29, 0.717) is 11.3 Å². The third kappa shape index (κ3) is 2.51. The number of aryl methyl sites for hydroxylation is 1. The Morgan fingerprint density at radius 3 is 2.93 bits per heavy atom. The van der Waals surface area contributed by atoms with E-state index >= 15 is 0 Å². The summed E-state index contributed by atoms with van der Waals surface area (Å²) in [5.41, 5.74) is 1.22. The summed E-state index contributed by atoms with van der Waals surface area (Å²) in [6.45, 7) is 2.06. The predicted octanol–water partition coefficient (Wildman–Crippen LogP) is 3.21. The zero-order valence-electron chi connectivity index (χ0n) is 7.98. The highest BCUT2D eigenvalue weighted by Crippen LogP contribution is 2.16. The number of hydrogen-bond donors (Lipinski definition) is 1. The van der Waals surface area contributed by atoms with Gasteiger partial charge in [0.2, 0.25) is 0 Å². The van der Waals surface area contributed by atoms with Crippen LogP contribution in [0.1, 0.15) is 31.0 Å². The molecule has 0 saturated carbocycles. The first-order valence-electron chi connectivity index (χ1n) is 4.54. The van der Waals surface area contributed by atoms with E-state index in [2.05, 4.69) is 11.9 Å². The molecule has 1 aromatic rings. The Morgan fingerprint density at radius 1 is 1.64 bits per heavy atom. The van der Waals surface area contributed by atoms with Crippen LogP contribution in [-0.2, 0) is 6.42 Å². The van der Waals surface area contributed by atoms with Crippen molar-refractivity contribution in [1.82, 2.24) is 4.98 Å². The second-order valence-corrected chi connectivity index (χ2v) is 3.40. The van der Waals surface area contributed by atoms with Crippen molar-refractivity contribution in [1.29, 1.82) is 5.41 Å². The van der Waals surface area contributed by atoms with Crippen LogP contribution in [0.3, 0.4) is 0 Å². The van der Waals surface area contributed by atoms with Gasteiger partial charge >= 0.3 is 0 Å². The Kier molecular flexibility index (Phi) is 4.01. The van der Waals surface area contributed by atoms with E-state index in [1.807, 2.05) is 0 Å². The quantitative estimate of drug-likeness (QED) is 0.607. The summed E-state index contributed by atoms with van der Waals surface area (Å²) in [6.07, 6.45) is 3.85. The Bertz CT molecular complexity index is 339. The largest absolute Gasteiger partial charge is 0.308 e. The van der Waals surface area contributed by atoms with Crippen LogP contribution in [0.5, 0.6) is 0 Å². The number of unbranched alkanes of at least 4 members (excludes halogenated alkanes) is 1. The van der Waals surface area contributed by atoms with Gasteiger partial charge in [-0.05, 0) is 18.9 Å². The zero-order chi connectivity index (χ0) is 10.6. The fourth-order valence-electron chi connectivity index (χ4n) is 1.19. The van der Waals surface area contributed by atoms with Crippen molar-refractivity contribution in [2.45, 2.75) is 26.2 Å². The van der Waals surface area contributed by atoms with Gasteiger partial charge in [0.1, 0.15) is 0 Å². The van der Waals surface area contributed by atoms with Crippen molar-refractivity contribution >= 4 is 17.8 Å². The van der Waals surface area contributed by atoms with E-state index in [1.165, 1.54) is 6.07 Å². The molecule has 0 spiro atoms. The lowest BCUT2D eigenvalue weighted by molar-refractivity contribution is 0.618. The van der Waals surface area contributed by atoms with Crippen LogP contribution in [0, 0.1) is 11.2 Å². The lowest BCUT2D eigenvalue weighted by Crippen LogP contribution is -1.99.